The average molecular weight is 436 g/mol. The standard InChI is InChI=1S/C25H25NO4S/c1-5-30-25(28)23-21(20-11-9-16(2)13-17(20)3)15-31-24(23)26-22(27)12-10-18-7-6-8-19(14-18)29-4/h6-15H,5H2,1-4H3,(H,26,27)/b12-10+. The number of ether oxygens (including phenoxy) is 2. The maximum atomic E-state index is 12.7. The second-order valence-electron chi connectivity index (χ2n) is 6.99. The molecule has 0 bridgehead atoms. The zero-order valence-electron chi connectivity index (χ0n) is 18.0. The lowest BCUT2D eigenvalue weighted by Crippen LogP contribution is -2.12. The van der Waals surface area contributed by atoms with E-state index in [1.807, 2.05) is 55.6 Å². The normalized spacial score (nSPS) is 10.8. The Hall–Kier alpha value is -3.38. The van der Waals surface area contributed by atoms with Gasteiger partial charge in [0.1, 0.15) is 16.3 Å². The van der Waals surface area contributed by atoms with Gasteiger partial charge in [-0.05, 0) is 55.7 Å². The highest BCUT2D eigenvalue weighted by Gasteiger charge is 2.23. The summed E-state index contributed by atoms with van der Waals surface area (Å²) in [5.74, 6) is -0.0725. The maximum absolute atomic E-state index is 12.7. The van der Waals surface area contributed by atoms with Gasteiger partial charge < -0.3 is 14.8 Å². The lowest BCUT2D eigenvalue weighted by molar-refractivity contribution is -0.111. The van der Waals surface area contributed by atoms with Crippen LogP contribution in [0.2, 0.25) is 0 Å². The number of rotatable bonds is 7. The number of hydrogen-bond acceptors (Lipinski definition) is 5. The molecule has 5 nitrogen and oxygen atoms in total. The molecule has 2 aromatic carbocycles. The van der Waals surface area contributed by atoms with E-state index in [-0.39, 0.29) is 12.5 Å². The van der Waals surface area contributed by atoms with Crippen molar-refractivity contribution in [3.63, 3.8) is 0 Å². The van der Waals surface area contributed by atoms with Gasteiger partial charge in [0.05, 0.1) is 13.7 Å². The molecular formula is C25H25NO4S. The highest BCUT2D eigenvalue weighted by molar-refractivity contribution is 7.15. The SMILES string of the molecule is CCOC(=O)c1c(-c2ccc(C)cc2C)csc1NC(=O)/C=C/c1cccc(OC)c1. The first-order chi connectivity index (χ1) is 14.9. The fourth-order valence-electron chi connectivity index (χ4n) is 3.24. The van der Waals surface area contributed by atoms with E-state index in [1.54, 1.807) is 20.1 Å². The van der Waals surface area contributed by atoms with Crippen molar-refractivity contribution in [1.82, 2.24) is 0 Å². The van der Waals surface area contributed by atoms with Crippen LogP contribution in [0.25, 0.3) is 17.2 Å². The Kier molecular flexibility index (Phi) is 7.26. The molecule has 1 aromatic heterocycles. The minimum atomic E-state index is -0.453. The van der Waals surface area contributed by atoms with Gasteiger partial charge in [0, 0.05) is 17.0 Å². The average Bonchev–Trinajstić information content (AvgIpc) is 3.15. The van der Waals surface area contributed by atoms with Crippen molar-refractivity contribution in [1.29, 1.82) is 0 Å². The largest absolute Gasteiger partial charge is 0.497 e. The fourth-order valence-corrected chi connectivity index (χ4v) is 4.19. The second-order valence-corrected chi connectivity index (χ2v) is 7.87. The van der Waals surface area contributed by atoms with E-state index in [9.17, 15) is 9.59 Å². The highest BCUT2D eigenvalue weighted by atomic mass is 32.1. The summed E-state index contributed by atoms with van der Waals surface area (Å²) in [5, 5.41) is 5.18. The lowest BCUT2D eigenvalue weighted by atomic mass is 9.97. The molecule has 3 rings (SSSR count). The number of nitrogens with one attached hydrogen (secondary N) is 1. The van der Waals surface area contributed by atoms with Crippen molar-refractivity contribution >= 4 is 34.3 Å². The van der Waals surface area contributed by atoms with Crippen molar-refractivity contribution in [2.24, 2.45) is 0 Å². The lowest BCUT2D eigenvalue weighted by Gasteiger charge is -2.10. The maximum Gasteiger partial charge on any atom is 0.341 e. The van der Waals surface area contributed by atoms with Crippen LogP contribution in [0.4, 0.5) is 5.00 Å². The third-order valence-corrected chi connectivity index (χ3v) is 5.60. The first kappa shape index (κ1) is 22.3. The first-order valence-corrected chi connectivity index (χ1v) is 10.8. The van der Waals surface area contributed by atoms with E-state index < -0.39 is 5.97 Å². The van der Waals surface area contributed by atoms with Gasteiger partial charge in [-0.2, -0.15) is 0 Å². The summed E-state index contributed by atoms with van der Waals surface area (Å²) in [6.45, 7) is 6.04. The van der Waals surface area contributed by atoms with Crippen LogP contribution in [-0.2, 0) is 9.53 Å². The van der Waals surface area contributed by atoms with Crippen LogP contribution in [-0.4, -0.2) is 25.6 Å². The molecule has 0 saturated heterocycles. The van der Waals surface area contributed by atoms with Crippen molar-refractivity contribution < 1.29 is 19.1 Å². The van der Waals surface area contributed by atoms with Gasteiger partial charge in [0.2, 0.25) is 5.91 Å². The predicted octanol–water partition coefficient (Wildman–Crippen LogP) is 5.87. The van der Waals surface area contributed by atoms with Gasteiger partial charge in [-0.15, -0.1) is 11.3 Å². The Balaban J connectivity index is 1.89. The molecule has 160 valence electrons. The number of esters is 1. The number of anilines is 1. The van der Waals surface area contributed by atoms with Gasteiger partial charge >= 0.3 is 5.97 Å². The number of carbonyl (C=O) groups is 2. The monoisotopic (exact) mass is 435 g/mol. The van der Waals surface area contributed by atoms with Crippen molar-refractivity contribution in [2.75, 3.05) is 19.0 Å². The Bertz CT molecular complexity index is 1130. The molecule has 0 saturated carbocycles. The molecule has 6 heteroatoms. The van der Waals surface area contributed by atoms with E-state index in [4.69, 9.17) is 9.47 Å². The van der Waals surface area contributed by atoms with Crippen LogP contribution in [0.15, 0.2) is 53.9 Å². The topological polar surface area (TPSA) is 64.6 Å². The van der Waals surface area contributed by atoms with Crippen molar-refractivity contribution in [2.45, 2.75) is 20.8 Å². The van der Waals surface area contributed by atoms with E-state index in [2.05, 4.69) is 11.4 Å². The molecule has 0 radical (unpaired) electrons. The summed E-state index contributed by atoms with van der Waals surface area (Å²) in [7, 11) is 1.59. The van der Waals surface area contributed by atoms with Crippen LogP contribution < -0.4 is 10.1 Å². The Morgan fingerprint density at radius 1 is 1.10 bits per heavy atom. The van der Waals surface area contributed by atoms with Gasteiger partial charge in [0.25, 0.3) is 0 Å². The molecule has 1 N–H and O–H groups in total. The Labute approximate surface area is 186 Å². The number of thiophene rings is 1. The third kappa shape index (κ3) is 5.41. The van der Waals surface area contributed by atoms with Crippen LogP contribution in [0.5, 0.6) is 5.75 Å². The summed E-state index contributed by atoms with van der Waals surface area (Å²) >= 11 is 1.31. The minimum absolute atomic E-state index is 0.254. The summed E-state index contributed by atoms with van der Waals surface area (Å²) in [6.07, 6.45) is 3.13. The molecule has 1 amide bonds. The number of aryl methyl sites for hydroxylation is 2. The zero-order chi connectivity index (χ0) is 22.4. The number of hydrogen-bond donors (Lipinski definition) is 1. The molecule has 0 aliphatic rings. The molecule has 0 unspecified atom stereocenters. The molecule has 0 atom stereocenters. The summed E-state index contributed by atoms with van der Waals surface area (Å²) in [5.41, 5.74) is 5.11. The second kappa shape index (κ2) is 10.1. The smallest absolute Gasteiger partial charge is 0.341 e. The Morgan fingerprint density at radius 3 is 2.61 bits per heavy atom. The number of methoxy groups -OCH3 is 1. The number of carbonyl (C=O) groups excluding carboxylic acids is 2. The molecule has 0 fully saturated rings. The van der Waals surface area contributed by atoms with E-state index in [0.29, 0.717) is 16.3 Å². The minimum Gasteiger partial charge on any atom is -0.497 e. The summed E-state index contributed by atoms with van der Waals surface area (Å²) < 4.78 is 10.5. The predicted molar refractivity (Wildman–Crippen MR) is 126 cm³/mol. The van der Waals surface area contributed by atoms with Gasteiger partial charge in [-0.1, -0.05) is 35.9 Å². The highest BCUT2D eigenvalue weighted by Crippen LogP contribution is 2.38. The molecule has 0 aliphatic carbocycles. The van der Waals surface area contributed by atoms with E-state index in [1.165, 1.54) is 17.4 Å². The van der Waals surface area contributed by atoms with Gasteiger partial charge in [-0.25, -0.2) is 4.79 Å². The quantitative estimate of drug-likeness (QED) is 0.372. The number of amides is 1. The van der Waals surface area contributed by atoms with E-state index in [0.717, 1.165) is 27.8 Å². The number of benzene rings is 2. The summed E-state index contributed by atoms with van der Waals surface area (Å²) in [6, 6.07) is 13.5. The van der Waals surface area contributed by atoms with Crippen LogP contribution >= 0.6 is 11.3 Å². The summed E-state index contributed by atoms with van der Waals surface area (Å²) in [4.78, 5) is 25.3. The fraction of sp³-hybridized carbons (Fsp3) is 0.200. The molecular weight excluding hydrogens is 410 g/mol. The molecule has 0 aliphatic heterocycles. The van der Waals surface area contributed by atoms with Crippen LogP contribution in [0.1, 0.15) is 34.0 Å². The zero-order valence-corrected chi connectivity index (χ0v) is 18.8. The van der Waals surface area contributed by atoms with E-state index >= 15 is 0 Å². The van der Waals surface area contributed by atoms with Gasteiger partial charge in [0.15, 0.2) is 0 Å². The van der Waals surface area contributed by atoms with Crippen molar-refractivity contribution in [3.8, 4) is 16.9 Å². The third-order valence-electron chi connectivity index (χ3n) is 4.70. The van der Waals surface area contributed by atoms with Crippen LogP contribution in [0.3, 0.4) is 0 Å². The Morgan fingerprint density at radius 2 is 1.90 bits per heavy atom. The van der Waals surface area contributed by atoms with Gasteiger partial charge in [-0.3, -0.25) is 4.79 Å². The molecule has 31 heavy (non-hydrogen) atoms. The van der Waals surface area contributed by atoms with Crippen molar-refractivity contribution in [3.05, 3.63) is 76.2 Å². The molecule has 1 heterocycles. The molecule has 0 spiro atoms. The van der Waals surface area contributed by atoms with Crippen LogP contribution in [0, 0.1) is 13.8 Å². The first-order valence-electron chi connectivity index (χ1n) is 9.92. The molecule has 3 aromatic rings.